The van der Waals surface area contributed by atoms with Crippen LogP contribution in [0.25, 0.3) is 0 Å². The van der Waals surface area contributed by atoms with Gasteiger partial charge in [-0.05, 0) is 25.7 Å². The molecule has 1 aliphatic heterocycles. The molecule has 1 aliphatic rings. The van der Waals surface area contributed by atoms with Crippen molar-refractivity contribution in [2.24, 2.45) is 0 Å². The Morgan fingerprint density at radius 1 is 1.40 bits per heavy atom. The highest BCUT2D eigenvalue weighted by Gasteiger charge is 2.24. The normalized spacial score (nSPS) is 20.7. The molecule has 4 nitrogen and oxygen atoms in total. The number of rotatable bonds is 6. The highest BCUT2D eigenvalue weighted by atomic mass is 79.9. The Morgan fingerprint density at radius 2 is 2.00 bits per heavy atom. The first-order valence-corrected chi connectivity index (χ1v) is 7.80. The second-order valence-electron chi connectivity index (χ2n) is 3.80. The molecule has 0 spiro atoms. The Balaban J connectivity index is 2.30. The lowest BCUT2D eigenvalue weighted by Crippen LogP contribution is -2.39. The van der Waals surface area contributed by atoms with E-state index >= 15 is 0 Å². The zero-order valence-electron chi connectivity index (χ0n) is 9.08. The number of hydrogen-bond donors (Lipinski definition) is 1. The van der Waals surface area contributed by atoms with E-state index < -0.39 is 10.2 Å². The van der Waals surface area contributed by atoms with Gasteiger partial charge in [0.25, 0.3) is 10.2 Å². The zero-order valence-corrected chi connectivity index (χ0v) is 11.5. The van der Waals surface area contributed by atoms with E-state index in [0.717, 1.165) is 25.7 Å². The minimum atomic E-state index is -3.20. The van der Waals surface area contributed by atoms with Gasteiger partial charge in [0.2, 0.25) is 0 Å². The third kappa shape index (κ3) is 4.38. The predicted octanol–water partition coefficient (Wildman–Crippen LogP) is 1.48. The second kappa shape index (κ2) is 6.18. The summed E-state index contributed by atoms with van der Waals surface area (Å²) in [6.07, 6.45) is 3.82. The van der Waals surface area contributed by atoms with Crippen LogP contribution >= 0.6 is 15.9 Å². The topological polar surface area (TPSA) is 49.4 Å². The van der Waals surface area contributed by atoms with Gasteiger partial charge in [0.15, 0.2) is 0 Å². The van der Waals surface area contributed by atoms with E-state index in [4.69, 9.17) is 0 Å². The van der Waals surface area contributed by atoms with Gasteiger partial charge < -0.3 is 0 Å². The number of alkyl halides is 1. The molecule has 0 aromatic carbocycles. The summed E-state index contributed by atoms with van der Waals surface area (Å²) in [6, 6.07) is 0. The van der Waals surface area contributed by atoms with Crippen molar-refractivity contribution in [1.29, 1.82) is 0 Å². The average molecular weight is 299 g/mol. The molecule has 1 heterocycles. The monoisotopic (exact) mass is 298 g/mol. The molecule has 0 saturated carbocycles. The SMILES string of the molecule is CCC(Br)CCNS(=O)(=O)N1CCCC1. The van der Waals surface area contributed by atoms with Crippen LogP contribution in [0.4, 0.5) is 0 Å². The summed E-state index contributed by atoms with van der Waals surface area (Å²) in [7, 11) is -3.20. The summed E-state index contributed by atoms with van der Waals surface area (Å²) in [4.78, 5) is 0.402. The highest BCUT2D eigenvalue weighted by molar-refractivity contribution is 9.09. The standard InChI is InChI=1S/C9H19BrN2O2S/c1-2-9(10)5-6-11-15(13,14)12-7-3-4-8-12/h9,11H,2-8H2,1H3. The van der Waals surface area contributed by atoms with Gasteiger partial charge in [-0.2, -0.15) is 12.7 Å². The minimum Gasteiger partial charge on any atom is -0.202 e. The van der Waals surface area contributed by atoms with E-state index in [2.05, 4.69) is 27.6 Å². The first kappa shape index (κ1) is 13.4. The molecule has 1 N–H and O–H groups in total. The summed E-state index contributed by atoms with van der Waals surface area (Å²) < 4.78 is 27.6. The van der Waals surface area contributed by atoms with Crippen molar-refractivity contribution in [1.82, 2.24) is 9.03 Å². The van der Waals surface area contributed by atoms with Crippen molar-refractivity contribution in [2.75, 3.05) is 19.6 Å². The molecule has 0 bridgehead atoms. The van der Waals surface area contributed by atoms with Gasteiger partial charge in [0.05, 0.1) is 0 Å². The Morgan fingerprint density at radius 3 is 2.53 bits per heavy atom. The fourth-order valence-corrected chi connectivity index (χ4v) is 3.09. The van der Waals surface area contributed by atoms with Crippen LogP contribution in [0, 0.1) is 0 Å². The summed E-state index contributed by atoms with van der Waals surface area (Å²) in [5.74, 6) is 0. The number of halogens is 1. The molecular weight excluding hydrogens is 280 g/mol. The van der Waals surface area contributed by atoms with Crippen molar-refractivity contribution in [3.05, 3.63) is 0 Å². The summed E-state index contributed by atoms with van der Waals surface area (Å²) in [5, 5.41) is 0. The molecule has 1 rings (SSSR count). The number of nitrogens with zero attached hydrogens (tertiary/aromatic N) is 1. The maximum atomic E-state index is 11.7. The Bertz CT molecular complexity index is 276. The summed E-state index contributed by atoms with van der Waals surface area (Å²) in [6.45, 7) is 3.93. The quantitative estimate of drug-likeness (QED) is 0.755. The zero-order chi connectivity index (χ0) is 11.3. The third-order valence-corrected chi connectivity index (χ3v) is 5.31. The molecule has 15 heavy (non-hydrogen) atoms. The lowest BCUT2D eigenvalue weighted by Gasteiger charge is -2.16. The van der Waals surface area contributed by atoms with Crippen molar-refractivity contribution in [2.45, 2.75) is 37.4 Å². The van der Waals surface area contributed by atoms with Crippen LogP contribution in [-0.2, 0) is 10.2 Å². The van der Waals surface area contributed by atoms with Gasteiger partial charge in [-0.25, -0.2) is 4.72 Å². The lowest BCUT2D eigenvalue weighted by atomic mass is 10.2. The highest BCUT2D eigenvalue weighted by Crippen LogP contribution is 2.12. The molecular formula is C9H19BrN2O2S. The van der Waals surface area contributed by atoms with Crippen molar-refractivity contribution < 1.29 is 8.42 Å². The first-order chi connectivity index (χ1) is 7.06. The van der Waals surface area contributed by atoms with E-state index in [1.807, 2.05) is 0 Å². The van der Waals surface area contributed by atoms with E-state index in [0.29, 0.717) is 24.5 Å². The Kier molecular flexibility index (Phi) is 5.52. The van der Waals surface area contributed by atoms with Crippen LogP contribution in [0.3, 0.4) is 0 Å². The van der Waals surface area contributed by atoms with E-state index in [1.165, 1.54) is 4.31 Å². The van der Waals surface area contributed by atoms with Crippen LogP contribution in [-0.4, -0.2) is 37.2 Å². The Labute approximate surface area is 101 Å². The number of nitrogens with one attached hydrogen (secondary N) is 1. The lowest BCUT2D eigenvalue weighted by molar-refractivity contribution is 0.464. The summed E-state index contributed by atoms with van der Waals surface area (Å²) in [5.41, 5.74) is 0. The van der Waals surface area contributed by atoms with Crippen LogP contribution in [0.1, 0.15) is 32.6 Å². The average Bonchev–Trinajstić information content (AvgIpc) is 2.70. The third-order valence-electron chi connectivity index (χ3n) is 2.59. The van der Waals surface area contributed by atoms with Crippen molar-refractivity contribution in [3.63, 3.8) is 0 Å². The largest absolute Gasteiger partial charge is 0.279 e. The fourth-order valence-electron chi connectivity index (χ4n) is 1.57. The first-order valence-electron chi connectivity index (χ1n) is 5.45. The minimum absolute atomic E-state index is 0.402. The molecule has 1 unspecified atom stereocenters. The molecule has 1 fully saturated rings. The number of hydrogen-bond acceptors (Lipinski definition) is 2. The van der Waals surface area contributed by atoms with E-state index in [9.17, 15) is 8.42 Å². The van der Waals surface area contributed by atoms with E-state index in [-0.39, 0.29) is 0 Å². The molecule has 90 valence electrons. The van der Waals surface area contributed by atoms with Crippen LogP contribution in [0.2, 0.25) is 0 Å². The van der Waals surface area contributed by atoms with Crippen molar-refractivity contribution >= 4 is 26.1 Å². The van der Waals surface area contributed by atoms with Crippen LogP contribution < -0.4 is 4.72 Å². The molecule has 0 radical (unpaired) electrons. The molecule has 0 aromatic rings. The molecule has 0 aliphatic carbocycles. The van der Waals surface area contributed by atoms with Gasteiger partial charge in [0.1, 0.15) is 0 Å². The molecule has 1 atom stereocenters. The van der Waals surface area contributed by atoms with E-state index in [1.54, 1.807) is 0 Å². The van der Waals surface area contributed by atoms with Crippen molar-refractivity contribution in [3.8, 4) is 0 Å². The van der Waals surface area contributed by atoms with Gasteiger partial charge >= 0.3 is 0 Å². The predicted molar refractivity (Wildman–Crippen MR) is 65.4 cm³/mol. The van der Waals surface area contributed by atoms with Gasteiger partial charge in [0, 0.05) is 24.5 Å². The van der Waals surface area contributed by atoms with Gasteiger partial charge in [-0.1, -0.05) is 22.9 Å². The van der Waals surface area contributed by atoms with Gasteiger partial charge in [-0.15, -0.1) is 0 Å². The molecule has 0 aromatic heterocycles. The fraction of sp³-hybridized carbons (Fsp3) is 1.00. The molecule has 0 amide bonds. The molecule has 6 heteroatoms. The Hall–Kier alpha value is 0.350. The maximum Gasteiger partial charge on any atom is 0.279 e. The maximum absolute atomic E-state index is 11.7. The smallest absolute Gasteiger partial charge is 0.202 e. The van der Waals surface area contributed by atoms with Gasteiger partial charge in [-0.3, -0.25) is 0 Å². The molecule has 1 saturated heterocycles. The second-order valence-corrected chi connectivity index (χ2v) is 6.85. The van der Waals surface area contributed by atoms with Crippen LogP contribution in [0.15, 0.2) is 0 Å². The van der Waals surface area contributed by atoms with Crippen LogP contribution in [0.5, 0.6) is 0 Å². The summed E-state index contributed by atoms with van der Waals surface area (Å²) >= 11 is 3.48.